The fourth-order valence-corrected chi connectivity index (χ4v) is 3.44. The summed E-state index contributed by atoms with van der Waals surface area (Å²) in [4.78, 5) is 26.5. The summed E-state index contributed by atoms with van der Waals surface area (Å²) in [5, 5.41) is 1.15. The van der Waals surface area contributed by atoms with Crippen LogP contribution in [0, 0.1) is 0 Å². The van der Waals surface area contributed by atoms with Crippen molar-refractivity contribution in [3.63, 3.8) is 0 Å². The second kappa shape index (κ2) is 7.19. The average Bonchev–Trinajstić information content (AvgIpc) is 2.64. The molecule has 5 nitrogen and oxygen atoms in total. The molecule has 1 aromatic carbocycles. The maximum Gasteiger partial charge on any atom is 0.255 e. The fourth-order valence-electron chi connectivity index (χ4n) is 3.14. The van der Waals surface area contributed by atoms with Crippen LogP contribution in [0.2, 0.25) is 10.2 Å². The first-order valence-electron chi connectivity index (χ1n) is 8.30. The lowest BCUT2D eigenvalue weighted by molar-refractivity contribution is 0.241. The van der Waals surface area contributed by atoms with Crippen molar-refractivity contribution in [2.75, 3.05) is 6.54 Å². The summed E-state index contributed by atoms with van der Waals surface area (Å²) in [6.07, 6.45) is 2.39. The van der Waals surface area contributed by atoms with Gasteiger partial charge in [0.1, 0.15) is 11.0 Å². The molecule has 0 atom stereocenters. The number of hydrogen-bond donors (Lipinski definition) is 1. The van der Waals surface area contributed by atoms with Gasteiger partial charge in [-0.15, -0.1) is 0 Å². The minimum Gasteiger partial charge on any atom is -0.306 e. The molecule has 0 saturated heterocycles. The zero-order valence-electron chi connectivity index (χ0n) is 13.9. The number of fused-ring (bicyclic) bond motifs is 1. The molecule has 0 fully saturated rings. The first-order chi connectivity index (χ1) is 12.6. The molecular weight excluding hydrogens is 371 g/mol. The molecule has 26 heavy (non-hydrogen) atoms. The summed E-state index contributed by atoms with van der Waals surface area (Å²) < 4.78 is 0. The number of aromatic nitrogens is 3. The number of halogens is 2. The SMILES string of the molecule is O=c1[nH]c(-c2ccc(Cl)cc2)nc2c1CN(Cc1cccnc1Cl)CC2. The number of pyridine rings is 1. The van der Waals surface area contributed by atoms with Gasteiger partial charge in [-0.2, -0.15) is 0 Å². The highest BCUT2D eigenvalue weighted by Gasteiger charge is 2.22. The zero-order chi connectivity index (χ0) is 18.1. The summed E-state index contributed by atoms with van der Waals surface area (Å²) in [6, 6.07) is 11.1. The second-order valence-electron chi connectivity index (χ2n) is 6.26. The lowest BCUT2D eigenvalue weighted by atomic mass is 10.1. The van der Waals surface area contributed by atoms with Crippen LogP contribution in [-0.2, 0) is 19.5 Å². The molecule has 3 aromatic rings. The summed E-state index contributed by atoms with van der Waals surface area (Å²) in [5.74, 6) is 0.578. The van der Waals surface area contributed by atoms with Crippen molar-refractivity contribution < 1.29 is 0 Å². The van der Waals surface area contributed by atoms with Gasteiger partial charge in [0, 0.05) is 48.4 Å². The number of benzene rings is 1. The van der Waals surface area contributed by atoms with E-state index in [0.29, 0.717) is 34.7 Å². The zero-order valence-corrected chi connectivity index (χ0v) is 15.4. The average molecular weight is 387 g/mol. The van der Waals surface area contributed by atoms with Crippen molar-refractivity contribution in [1.82, 2.24) is 19.9 Å². The second-order valence-corrected chi connectivity index (χ2v) is 7.06. The van der Waals surface area contributed by atoms with Gasteiger partial charge in [-0.05, 0) is 30.3 Å². The molecule has 3 heterocycles. The van der Waals surface area contributed by atoms with E-state index in [-0.39, 0.29) is 5.56 Å². The molecule has 0 unspecified atom stereocenters. The van der Waals surface area contributed by atoms with E-state index in [1.165, 1.54) is 0 Å². The highest BCUT2D eigenvalue weighted by atomic mass is 35.5. The van der Waals surface area contributed by atoms with Gasteiger partial charge >= 0.3 is 0 Å². The van der Waals surface area contributed by atoms with Crippen molar-refractivity contribution in [3.8, 4) is 11.4 Å². The van der Waals surface area contributed by atoms with E-state index in [4.69, 9.17) is 23.2 Å². The first-order valence-corrected chi connectivity index (χ1v) is 9.05. The van der Waals surface area contributed by atoms with Gasteiger partial charge in [0.2, 0.25) is 0 Å². The molecule has 0 amide bonds. The lowest BCUT2D eigenvalue weighted by Crippen LogP contribution is -2.35. The Labute approximate surface area is 160 Å². The van der Waals surface area contributed by atoms with Crippen LogP contribution >= 0.6 is 23.2 Å². The van der Waals surface area contributed by atoms with Crippen molar-refractivity contribution in [3.05, 3.63) is 79.9 Å². The molecule has 0 spiro atoms. The Morgan fingerprint density at radius 2 is 1.96 bits per heavy atom. The summed E-state index contributed by atoms with van der Waals surface area (Å²) in [7, 11) is 0. The fraction of sp³-hybridized carbons (Fsp3) is 0.211. The molecular formula is C19H16Cl2N4O. The van der Waals surface area contributed by atoms with E-state index in [1.807, 2.05) is 24.3 Å². The maximum absolute atomic E-state index is 12.6. The molecule has 0 radical (unpaired) electrons. The van der Waals surface area contributed by atoms with Gasteiger partial charge in [-0.3, -0.25) is 9.69 Å². The van der Waals surface area contributed by atoms with Crippen molar-refractivity contribution in [1.29, 1.82) is 0 Å². The van der Waals surface area contributed by atoms with Crippen LogP contribution < -0.4 is 5.56 Å². The normalized spacial score (nSPS) is 14.2. The molecule has 1 aliphatic heterocycles. The predicted molar refractivity (Wildman–Crippen MR) is 102 cm³/mol. The molecule has 7 heteroatoms. The summed E-state index contributed by atoms with van der Waals surface area (Å²) in [6.45, 7) is 2.02. The van der Waals surface area contributed by atoms with Crippen LogP contribution in [0.4, 0.5) is 0 Å². The molecule has 0 saturated carbocycles. The third-order valence-corrected chi connectivity index (χ3v) is 5.09. The van der Waals surface area contributed by atoms with E-state index in [9.17, 15) is 4.79 Å². The number of aromatic amines is 1. The van der Waals surface area contributed by atoms with E-state index < -0.39 is 0 Å². The van der Waals surface area contributed by atoms with Gasteiger partial charge in [-0.25, -0.2) is 9.97 Å². The van der Waals surface area contributed by atoms with E-state index in [0.717, 1.165) is 29.8 Å². The van der Waals surface area contributed by atoms with Gasteiger partial charge in [0.05, 0.1) is 11.3 Å². The third kappa shape index (κ3) is 3.51. The first kappa shape index (κ1) is 17.2. The minimum absolute atomic E-state index is 0.0954. The van der Waals surface area contributed by atoms with Crippen LogP contribution in [0.1, 0.15) is 16.8 Å². The minimum atomic E-state index is -0.0954. The Morgan fingerprint density at radius 1 is 1.15 bits per heavy atom. The topological polar surface area (TPSA) is 61.9 Å². The molecule has 2 aromatic heterocycles. The highest BCUT2D eigenvalue weighted by Crippen LogP contribution is 2.22. The number of H-pyrrole nitrogens is 1. The van der Waals surface area contributed by atoms with Crippen molar-refractivity contribution in [2.24, 2.45) is 0 Å². The molecule has 0 aliphatic carbocycles. The third-order valence-electron chi connectivity index (χ3n) is 4.50. The number of rotatable bonds is 3. The Morgan fingerprint density at radius 3 is 2.73 bits per heavy atom. The Bertz CT molecular complexity index is 1000. The largest absolute Gasteiger partial charge is 0.306 e. The molecule has 1 aliphatic rings. The lowest BCUT2D eigenvalue weighted by Gasteiger charge is -2.27. The number of nitrogens with one attached hydrogen (secondary N) is 1. The standard InChI is InChI=1S/C19H16Cl2N4O/c20-14-5-3-12(4-6-14)18-23-16-7-9-25(11-15(16)19(26)24-18)10-13-2-1-8-22-17(13)21/h1-6,8H,7,9-11H2,(H,23,24,26). The van der Waals surface area contributed by atoms with E-state index in [2.05, 4.69) is 19.9 Å². The monoisotopic (exact) mass is 386 g/mol. The van der Waals surface area contributed by atoms with Gasteiger partial charge in [-0.1, -0.05) is 29.3 Å². The van der Waals surface area contributed by atoms with Crippen LogP contribution in [-0.4, -0.2) is 26.4 Å². The summed E-state index contributed by atoms with van der Waals surface area (Å²) >= 11 is 12.1. The van der Waals surface area contributed by atoms with Crippen molar-refractivity contribution >= 4 is 23.2 Å². The Balaban J connectivity index is 1.59. The number of nitrogens with zero attached hydrogens (tertiary/aromatic N) is 3. The highest BCUT2D eigenvalue weighted by molar-refractivity contribution is 6.30. The van der Waals surface area contributed by atoms with Crippen molar-refractivity contribution in [2.45, 2.75) is 19.5 Å². The van der Waals surface area contributed by atoms with E-state index in [1.54, 1.807) is 18.3 Å². The van der Waals surface area contributed by atoms with Gasteiger partial charge in [0.15, 0.2) is 0 Å². The molecule has 1 N–H and O–H groups in total. The maximum atomic E-state index is 12.6. The predicted octanol–water partition coefficient (Wildman–Crippen LogP) is 3.70. The van der Waals surface area contributed by atoms with E-state index >= 15 is 0 Å². The van der Waals surface area contributed by atoms with Crippen LogP contribution in [0.3, 0.4) is 0 Å². The smallest absolute Gasteiger partial charge is 0.255 e. The van der Waals surface area contributed by atoms with Crippen LogP contribution in [0.25, 0.3) is 11.4 Å². The van der Waals surface area contributed by atoms with Crippen LogP contribution in [0.5, 0.6) is 0 Å². The molecule has 4 rings (SSSR count). The summed E-state index contributed by atoms with van der Waals surface area (Å²) in [5.41, 5.74) is 3.28. The van der Waals surface area contributed by atoms with Crippen LogP contribution in [0.15, 0.2) is 47.4 Å². The molecule has 0 bridgehead atoms. The van der Waals surface area contributed by atoms with Gasteiger partial charge in [0.25, 0.3) is 5.56 Å². The molecule has 132 valence electrons. The van der Waals surface area contributed by atoms with Gasteiger partial charge < -0.3 is 4.98 Å². The Kier molecular flexibility index (Phi) is 4.76. The number of hydrogen-bond acceptors (Lipinski definition) is 4. The quantitative estimate of drug-likeness (QED) is 0.697. The Hall–Kier alpha value is -2.21.